The molecule has 2 heteroatoms. The molecule has 1 aliphatic heterocycles. The van der Waals surface area contributed by atoms with Crippen LogP contribution >= 0.6 is 0 Å². The van der Waals surface area contributed by atoms with Crippen LogP contribution in [-0.4, -0.2) is 24.8 Å². The molecule has 2 aliphatic rings. The van der Waals surface area contributed by atoms with Crippen LogP contribution in [0.5, 0.6) is 0 Å². The quantitative estimate of drug-likeness (QED) is 0.816. The predicted molar refractivity (Wildman–Crippen MR) is 76.9 cm³/mol. The Hall–Kier alpha value is -0.0800. The smallest absolute Gasteiger partial charge is 0.0589 e. The fourth-order valence-electron chi connectivity index (χ4n) is 3.51. The van der Waals surface area contributed by atoms with Crippen molar-refractivity contribution in [1.82, 2.24) is 5.32 Å². The van der Waals surface area contributed by atoms with Gasteiger partial charge in [0.25, 0.3) is 0 Å². The lowest BCUT2D eigenvalue weighted by Crippen LogP contribution is -2.44. The molecule has 0 aromatic heterocycles. The monoisotopic (exact) mass is 253 g/mol. The molecule has 2 unspecified atom stereocenters. The molecule has 0 spiro atoms. The lowest BCUT2D eigenvalue weighted by Gasteiger charge is -2.33. The van der Waals surface area contributed by atoms with E-state index in [1.54, 1.807) is 0 Å². The van der Waals surface area contributed by atoms with E-state index in [1.807, 2.05) is 0 Å². The third-order valence-electron chi connectivity index (χ3n) is 4.55. The van der Waals surface area contributed by atoms with Gasteiger partial charge in [-0.25, -0.2) is 0 Å². The molecule has 0 aromatic carbocycles. The zero-order valence-corrected chi connectivity index (χ0v) is 12.1. The van der Waals surface area contributed by atoms with Crippen LogP contribution in [0.2, 0.25) is 0 Å². The highest BCUT2D eigenvalue weighted by Gasteiger charge is 2.24. The summed E-state index contributed by atoms with van der Waals surface area (Å²) in [6.45, 7) is 3.23. The molecule has 1 heterocycles. The minimum absolute atomic E-state index is 0.523. The molecular formula is C16H31NO. The molecule has 2 rings (SSSR count). The van der Waals surface area contributed by atoms with Crippen molar-refractivity contribution in [2.75, 3.05) is 6.61 Å². The molecule has 2 nitrogen and oxygen atoms in total. The first-order valence-corrected chi connectivity index (χ1v) is 8.26. The fraction of sp³-hybridized carbons (Fsp3) is 1.00. The van der Waals surface area contributed by atoms with Gasteiger partial charge in [-0.2, -0.15) is 0 Å². The van der Waals surface area contributed by atoms with Crippen LogP contribution in [0.4, 0.5) is 0 Å². The van der Waals surface area contributed by atoms with Crippen LogP contribution in [0, 0.1) is 0 Å². The highest BCUT2D eigenvalue weighted by atomic mass is 16.5. The van der Waals surface area contributed by atoms with E-state index in [4.69, 9.17) is 4.74 Å². The summed E-state index contributed by atoms with van der Waals surface area (Å²) < 4.78 is 5.84. The Morgan fingerprint density at radius 2 is 1.67 bits per heavy atom. The summed E-state index contributed by atoms with van der Waals surface area (Å²) in [5, 5.41) is 3.93. The van der Waals surface area contributed by atoms with Gasteiger partial charge in [0.1, 0.15) is 0 Å². The van der Waals surface area contributed by atoms with Crippen molar-refractivity contribution in [2.45, 2.75) is 95.7 Å². The van der Waals surface area contributed by atoms with Crippen molar-refractivity contribution >= 4 is 0 Å². The summed E-state index contributed by atoms with van der Waals surface area (Å²) in [5.74, 6) is 0. The number of nitrogens with one attached hydrogen (secondary N) is 1. The molecule has 2 atom stereocenters. The van der Waals surface area contributed by atoms with E-state index in [1.165, 1.54) is 70.6 Å². The van der Waals surface area contributed by atoms with Crippen molar-refractivity contribution in [3.05, 3.63) is 0 Å². The number of hydrogen-bond acceptors (Lipinski definition) is 2. The normalized spacial score (nSPS) is 31.8. The van der Waals surface area contributed by atoms with Gasteiger partial charge in [-0.15, -0.1) is 0 Å². The van der Waals surface area contributed by atoms with Crippen LogP contribution < -0.4 is 5.32 Å². The van der Waals surface area contributed by atoms with Crippen LogP contribution in [0.25, 0.3) is 0 Å². The highest BCUT2D eigenvalue weighted by Crippen LogP contribution is 2.22. The lowest BCUT2D eigenvalue weighted by atomic mass is 9.94. The van der Waals surface area contributed by atoms with Gasteiger partial charge in [-0.1, -0.05) is 45.4 Å². The molecule has 0 bridgehead atoms. The minimum Gasteiger partial charge on any atom is -0.378 e. The summed E-state index contributed by atoms with van der Waals surface area (Å²) in [4.78, 5) is 0. The Kier molecular flexibility index (Phi) is 6.50. The molecule has 1 aliphatic carbocycles. The first-order chi connectivity index (χ1) is 8.88. The second-order valence-electron chi connectivity index (χ2n) is 6.21. The maximum absolute atomic E-state index is 5.84. The number of rotatable bonds is 4. The Bertz CT molecular complexity index is 209. The van der Waals surface area contributed by atoms with Crippen molar-refractivity contribution in [3.8, 4) is 0 Å². The Balaban J connectivity index is 1.72. The molecule has 0 radical (unpaired) electrons. The Morgan fingerprint density at radius 3 is 2.39 bits per heavy atom. The van der Waals surface area contributed by atoms with Crippen molar-refractivity contribution in [2.24, 2.45) is 0 Å². The zero-order valence-electron chi connectivity index (χ0n) is 12.1. The maximum atomic E-state index is 5.84. The molecule has 0 amide bonds. The van der Waals surface area contributed by atoms with Crippen LogP contribution in [0.1, 0.15) is 77.6 Å². The third kappa shape index (κ3) is 4.89. The third-order valence-corrected chi connectivity index (χ3v) is 4.55. The van der Waals surface area contributed by atoms with E-state index in [0.29, 0.717) is 6.10 Å². The number of ether oxygens (including phenoxy) is 1. The minimum atomic E-state index is 0.523. The molecule has 18 heavy (non-hydrogen) atoms. The SMILES string of the molecule is CCCC1CC(NC2CCCCCCC2)CCO1. The standard InChI is InChI=1S/C16H31NO/c1-2-8-16-13-15(11-12-18-16)17-14-9-6-4-3-5-7-10-14/h14-17H,2-13H2,1H3. The van der Waals surface area contributed by atoms with Crippen LogP contribution in [0.15, 0.2) is 0 Å². The van der Waals surface area contributed by atoms with Gasteiger partial charge in [0.2, 0.25) is 0 Å². The average Bonchev–Trinajstić information content (AvgIpc) is 2.33. The number of hydrogen-bond donors (Lipinski definition) is 1. The second-order valence-corrected chi connectivity index (χ2v) is 6.21. The largest absolute Gasteiger partial charge is 0.378 e. The molecule has 1 saturated heterocycles. The van der Waals surface area contributed by atoms with E-state index in [2.05, 4.69) is 12.2 Å². The van der Waals surface area contributed by atoms with E-state index in [-0.39, 0.29) is 0 Å². The summed E-state index contributed by atoms with van der Waals surface area (Å²) >= 11 is 0. The summed E-state index contributed by atoms with van der Waals surface area (Å²) in [5.41, 5.74) is 0. The highest BCUT2D eigenvalue weighted by molar-refractivity contribution is 4.81. The van der Waals surface area contributed by atoms with E-state index < -0.39 is 0 Å². The van der Waals surface area contributed by atoms with E-state index in [9.17, 15) is 0 Å². The lowest BCUT2D eigenvalue weighted by molar-refractivity contribution is -0.00551. The first kappa shape index (κ1) is 14.3. The predicted octanol–water partition coefficient (Wildman–Crippen LogP) is 4.04. The first-order valence-electron chi connectivity index (χ1n) is 8.26. The van der Waals surface area contributed by atoms with Gasteiger partial charge in [0, 0.05) is 18.7 Å². The molecule has 1 saturated carbocycles. The summed E-state index contributed by atoms with van der Waals surface area (Å²) in [6, 6.07) is 1.51. The summed E-state index contributed by atoms with van der Waals surface area (Å²) in [7, 11) is 0. The van der Waals surface area contributed by atoms with Crippen molar-refractivity contribution in [1.29, 1.82) is 0 Å². The summed E-state index contributed by atoms with van der Waals surface area (Å²) in [6.07, 6.45) is 15.5. The van der Waals surface area contributed by atoms with Crippen molar-refractivity contribution in [3.63, 3.8) is 0 Å². The molecule has 1 N–H and O–H groups in total. The van der Waals surface area contributed by atoms with E-state index in [0.717, 1.165) is 18.7 Å². The van der Waals surface area contributed by atoms with Gasteiger partial charge in [-0.05, 0) is 32.1 Å². The van der Waals surface area contributed by atoms with Crippen molar-refractivity contribution < 1.29 is 4.74 Å². The Labute approximate surface area is 113 Å². The van der Waals surface area contributed by atoms with Gasteiger partial charge < -0.3 is 10.1 Å². The molecule has 2 fully saturated rings. The van der Waals surface area contributed by atoms with Gasteiger partial charge in [0.05, 0.1) is 6.10 Å². The second kappa shape index (κ2) is 8.16. The Morgan fingerprint density at radius 1 is 0.944 bits per heavy atom. The average molecular weight is 253 g/mol. The van der Waals surface area contributed by atoms with Gasteiger partial charge >= 0.3 is 0 Å². The zero-order chi connectivity index (χ0) is 12.6. The molecular weight excluding hydrogens is 222 g/mol. The topological polar surface area (TPSA) is 21.3 Å². The van der Waals surface area contributed by atoms with Gasteiger partial charge in [0.15, 0.2) is 0 Å². The van der Waals surface area contributed by atoms with Crippen LogP contribution in [-0.2, 0) is 4.74 Å². The van der Waals surface area contributed by atoms with Gasteiger partial charge in [-0.3, -0.25) is 0 Å². The maximum Gasteiger partial charge on any atom is 0.0589 e. The van der Waals surface area contributed by atoms with Crippen LogP contribution in [0.3, 0.4) is 0 Å². The fourth-order valence-corrected chi connectivity index (χ4v) is 3.51. The molecule has 106 valence electrons. The van der Waals surface area contributed by atoms with E-state index >= 15 is 0 Å². The molecule has 0 aromatic rings.